The van der Waals surface area contributed by atoms with Crippen LogP contribution in [0.1, 0.15) is 13.8 Å². The Morgan fingerprint density at radius 2 is 1.93 bits per heavy atom. The number of anilines is 1. The van der Waals surface area contributed by atoms with E-state index in [0.717, 1.165) is 11.4 Å². The Hall–Kier alpha value is -1.22. The number of nitrogens with zero attached hydrogens (tertiary/aromatic N) is 1. The quantitative estimate of drug-likeness (QED) is 0.631. The van der Waals surface area contributed by atoms with Crippen molar-refractivity contribution in [1.29, 1.82) is 0 Å². The second-order valence-electron chi connectivity index (χ2n) is 3.43. The Morgan fingerprint density at radius 3 is 2.40 bits per heavy atom. The predicted octanol–water partition coefficient (Wildman–Crippen LogP) is 3.32. The summed E-state index contributed by atoms with van der Waals surface area (Å²) in [6.45, 7) is 3.98. The van der Waals surface area contributed by atoms with Crippen molar-refractivity contribution in [3.8, 4) is 5.75 Å². The van der Waals surface area contributed by atoms with Crippen LogP contribution in [0.15, 0.2) is 29.4 Å². The van der Waals surface area contributed by atoms with Crippen molar-refractivity contribution in [3.05, 3.63) is 24.3 Å². The lowest BCUT2D eigenvalue weighted by Crippen LogP contribution is -2.02. The van der Waals surface area contributed by atoms with Gasteiger partial charge in [0.2, 0.25) is 0 Å². The molecule has 0 radical (unpaired) electrons. The number of hydrogen-bond donors (Lipinski definition) is 1. The van der Waals surface area contributed by atoms with Gasteiger partial charge in [0, 0.05) is 5.92 Å². The first kappa shape index (κ1) is 11.9. The molecular formula is C11H15ClN2O. The van der Waals surface area contributed by atoms with Crippen molar-refractivity contribution in [2.75, 3.05) is 12.5 Å². The van der Waals surface area contributed by atoms with Gasteiger partial charge < -0.3 is 4.74 Å². The Balaban J connectivity index is 2.62. The molecule has 0 aliphatic heterocycles. The van der Waals surface area contributed by atoms with Gasteiger partial charge in [-0.1, -0.05) is 25.4 Å². The van der Waals surface area contributed by atoms with E-state index in [1.165, 1.54) is 0 Å². The summed E-state index contributed by atoms with van der Waals surface area (Å²) >= 11 is 5.89. The molecule has 0 amide bonds. The van der Waals surface area contributed by atoms with E-state index in [4.69, 9.17) is 16.3 Å². The summed E-state index contributed by atoms with van der Waals surface area (Å²) in [5, 5.41) is 4.60. The molecule has 4 heteroatoms. The van der Waals surface area contributed by atoms with Crippen LogP contribution >= 0.6 is 11.6 Å². The first-order chi connectivity index (χ1) is 7.13. The molecule has 0 spiro atoms. The number of rotatable bonds is 4. The van der Waals surface area contributed by atoms with Gasteiger partial charge in [-0.3, -0.25) is 5.43 Å². The Bertz CT molecular complexity index is 333. The molecule has 0 saturated carbocycles. The smallest absolute Gasteiger partial charge is 0.129 e. The molecule has 0 aromatic heterocycles. The average Bonchev–Trinajstić information content (AvgIpc) is 2.26. The molecule has 0 aliphatic carbocycles. The fraction of sp³-hybridized carbons (Fsp3) is 0.364. The third-order valence-electron chi connectivity index (χ3n) is 1.86. The van der Waals surface area contributed by atoms with Crippen LogP contribution in [0.25, 0.3) is 0 Å². The molecule has 1 aromatic carbocycles. The zero-order valence-corrected chi connectivity index (χ0v) is 9.88. The predicted molar refractivity (Wildman–Crippen MR) is 64.7 cm³/mol. The Labute approximate surface area is 95.1 Å². The van der Waals surface area contributed by atoms with Crippen molar-refractivity contribution in [2.45, 2.75) is 13.8 Å². The first-order valence-corrected chi connectivity index (χ1v) is 5.14. The zero-order chi connectivity index (χ0) is 11.3. The molecule has 0 heterocycles. The zero-order valence-electron chi connectivity index (χ0n) is 9.12. The number of benzene rings is 1. The van der Waals surface area contributed by atoms with Gasteiger partial charge in [0.25, 0.3) is 0 Å². The third kappa shape index (κ3) is 3.80. The molecule has 1 N–H and O–H groups in total. The van der Waals surface area contributed by atoms with Crippen LogP contribution in [-0.2, 0) is 0 Å². The molecular weight excluding hydrogens is 212 g/mol. The van der Waals surface area contributed by atoms with E-state index < -0.39 is 0 Å². The lowest BCUT2D eigenvalue weighted by Gasteiger charge is -2.04. The van der Waals surface area contributed by atoms with E-state index in [9.17, 15) is 0 Å². The van der Waals surface area contributed by atoms with Crippen LogP contribution in [0, 0.1) is 5.92 Å². The number of methoxy groups -OCH3 is 1. The summed E-state index contributed by atoms with van der Waals surface area (Å²) in [5.74, 6) is 1.05. The van der Waals surface area contributed by atoms with Gasteiger partial charge >= 0.3 is 0 Å². The van der Waals surface area contributed by atoms with Crippen molar-refractivity contribution in [1.82, 2.24) is 0 Å². The van der Waals surface area contributed by atoms with E-state index in [2.05, 4.69) is 10.5 Å². The molecule has 0 aliphatic rings. The van der Waals surface area contributed by atoms with Crippen molar-refractivity contribution in [3.63, 3.8) is 0 Å². The highest BCUT2D eigenvalue weighted by atomic mass is 35.5. The number of hydrogen-bond acceptors (Lipinski definition) is 3. The largest absolute Gasteiger partial charge is 0.497 e. The second-order valence-corrected chi connectivity index (χ2v) is 3.82. The van der Waals surface area contributed by atoms with Crippen LogP contribution in [-0.4, -0.2) is 12.3 Å². The lowest BCUT2D eigenvalue weighted by atomic mass is 10.2. The van der Waals surface area contributed by atoms with Crippen LogP contribution in [0.2, 0.25) is 0 Å². The lowest BCUT2D eigenvalue weighted by molar-refractivity contribution is 0.415. The standard InChI is InChI=1S/C11H15ClN2O/c1-8(2)11(12)14-13-9-4-6-10(15-3)7-5-9/h4-8,13H,1-3H3/b14-11-. The van der Waals surface area contributed by atoms with Crippen LogP contribution < -0.4 is 10.2 Å². The van der Waals surface area contributed by atoms with Gasteiger partial charge in [0.05, 0.1) is 12.8 Å². The van der Waals surface area contributed by atoms with E-state index in [0.29, 0.717) is 5.17 Å². The molecule has 1 aromatic rings. The Morgan fingerprint density at radius 1 is 1.33 bits per heavy atom. The normalized spacial score (nSPS) is 11.7. The minimum absolute atomic E-state index is 0.234. The molecule has 0 fully saturated rings. The van der Waals surface area contributed by atoms with Crippen molar-refractivity contribution in [2.24, 2.45) is 11.0 Å². The fourth-order valence-corrected chi connectivity index (χ4v) is 0.955. The maximum absolute atomic E-state index is 5.89. The van der Waals surface area contributed by atoms with Gasteiger partial charge in [-0.25, -0.2) is 0 Å². The number of ether oxygens (including phenoxy) is 1. The maximum atomic E-state index is 5.89. The molecule has 3 nitrogen and oxygen atoms in total. The molecule has 1 rings (SSSR count). The van der Waals surface area contributed by atoms with Gasteiger partial charge in [-0.05, 0) is 24.3 Å². The van der Waals surface area contributed by atoms with E-state index in [1.54, 1.807) is 7.11 Å². The molecule has 0 unspecified atom stereocenters. The SMILES string of the molecule is COc1ccc(N/N=C(\Cl)C(C)C)cc1. The minimum atomic E-state index is 0.234. The number of hydrazone groups is 1. The summed E-state index contributed by atoms with van der Waals surface area (Å²) in [7, 11) is 1.64. The number of nitrogens with one attached hydrogen (secondary N) is 1. The molecule has 15 heavy (non-hydrogen) atoms. The van der Waals surface area contributed by atoms with Gasteiger partial charge in [0.15, 0.2) is 0 Å². The third-order valence-corrected chi connectivity index (χ3v) is 2.38. The van der Waals surface area contributed by atoms with Crippen molar-refractivity contribution >= 4 is 22.5 Å². The summed E-state index contributed by atoms with van der Waals surface area (Å²) in [6.07, 6.45) is 0. The highest BCUT2D eigenvalue weighted by Gasteiger charge is 2.00. The van der Waals surface area contributed by atoms with Crippen molar-refractivity contribution < 1.29 is 4.74 Å². The maximum Gasteiger partial charge on any atom is 0.129 e. The van der Waals surface area contributed by atoms with E-state index in [1.807, 2.05) is 38.1 Å². The van der Waals surface area contributed by atoms with Gasteiger partial charge in [-0.15, -0.1) is 0 Å². The van der Waals surface area contributed by atoms with E-state index >= 15 is 0 Å². The van der Waals surface area contributed by atoms with Crippen LogP contribution in [0.3, 0.4) is 0 Å². The van der Waals surface area contributed by atoms with Crippen LogP contribution in [0.4, 0.5) is 5.69 Å². The topological polar surface area (TPSA) is 33.6 Å². The van der Waals surface area contributed by atoms with Gasteiger partial charge in [-0.2, -0.15) is 5.10 Å². The average molecular weight is 227 g/mol. The molecule has 0 saturated heterocycles. The minimum Gasteiger partial charge on any atom is -0.497 e. The summed E-state index contributed by atoms with van der Waals surface area (Å²) in [5.41, 5.74) is 3.76. The van der Waals surface area contributed by atoms with E-state index in [-0.39, 0.29) is 5.92 Å². The Kier molecular flexibility index (Phi) is 4.43. The second kappa shape index (κ2) is 5.61. The van der Waals surface area contributed by atoms with Gasteiger partial charge in [0.1, 0.15) is 10.9 Å². The summed E-state index contributed by atoms with van der Waals surface area (Å²) in [4.78, 5) is 0. The molecule has 82 valence electrons. The number of halogens is 1. The molecule has 0 atom stereocenters. The fourth-order valence-electron chi connectivity index (χ4n) is 0.913. The highest BCUT2D eigenvalue weighted by Crippen LogP contribution is 2.15. The summed E-state index contributed by atoms with van der Waals surface area (Å²) in [6, 6.07) is 7.49. The highest BCUT2D eigenvalue weighted by molar-refractivity contribution is 6.65. The monoisotopic (exact) mass is 226 g/mol. The summed E-state index contributed by atoms with van der Waals surface area (Å²) < 4.78 is 5.04. The van der Waals surface area contributed by atoms with Crippen LogP contribution in [0.5, 0.6) is 5.75 Å². The molecule has 0 bridgehead atoms. The first-order valence-electron chi connectivity index (χ1n) is 4.76.